The Labute approximate surface area is 148 Å². The normalized spacial score (nSPS) is 10.7. The lowest BCUT2D eigenvalue weighted by Gasteiger charge is -2.07. The Hall–Kier alpha value is -3.13. The Kier molecular flexibility index (Phi) is 5.56. The lowest BCUT2D eigenvalue weighted by Crippen LogP contribution is -2.05. The van der Waals surface area contributed by atoms with Gasteiger partial charge in [-0.1, -0.05) is 11.6 Å². The molecular formula is C16H15ClN4O4. The third-order valence-corrected chi connectivity index (χ3v) is 3.21. The van der Waals surface area contributed by atoms with Crippen molar-refractivity contribution in [2.45, 2.75) is 13.8 Å². The van der Waals surface area contributed by atoms with Crippen molar-refractivity contribution in [1.82, 2.24) is 0 Å². The largest absolute Gasteiger partial charge is 0.506 e. The molecule has 0 bridgehead atoms. The second kappa shape index (κ2) is 7.63. The van der Waals surface area contributed by atoms with Gasteiger partial charge in [0.2, 0.25) is 11.8 Å². The zero-order valence-corrected chi connectivity index (χ0v) is 14.1. The van der Waals surface area contributed by atoms with Crippen LogP contribution < -0.4 is 10.6 Å². The highest BCUT2D eigenvalue weighted by atomic mass is 35.5. The molecule has 9 heteroatoms. The topological polar surface area (TPSA) is 123 Å². The predicted octanol–water partition coefficient (Wildman–Crippen LogP) is 4.08. The quantitative estimate of drug-likeness (QED) is 0.483. The van der Waals surface area contributed by atoms with Gasteiger partial charge in [-0.15, -0.1) is 10.2 Å². The first-order valence-corrected chi connectivity index (χ1v) is 7.46. The fourth-order valence-electron chi connectivity index (χ4n) is 1.93. The fourth-order valence-corrected chi connectivity index (χ4v) is 2.14. The van der Waals surface area contributed by atoms with Gasteiger partial charge in [0.25, 0.3) is 0 Å². The third kappa shape index (κ3) is 4.92. The summed E-state index contributed by atoms with van der Waals surface area (Å²) in [7, 11) is 0. The summed E-state index contributed by atoms with van der Waals surface area (Å²) in [6, 6.07) is 7.01. The number of carbonyl (C=O) groups excluding carboxylic acids is 2. The van der Waals surface area contributed by atoms with Gasteiger partial charge < -0.3 is 20.8 Å². The van der Waals surface area contributed by atoms with Crippen molar-refractivity contribution in [1.29, 1.82) is 0 Å². The van der Waals surface area contributed by atoms with Crippen LogP contribution in [-0.2, 0) is 9.59 Å². The molecule has 0 aliphatic carbocycles. The van der Waals surface area contributed by atoms with Crippen molar-refractivity contribution >= 4 is 46.2 Å². The van der Waals surface area contributed by atoms with E-state index in [0.29, 0.717) is 11.4 Å². The van der Waals surface area contributed by atoms with E-state index in [1.807, 2.05) is 0 Å². The van der Waals surface area contributed by atoms with Gasteiger partial charge in [0, 0.05) is 25.2 Å². The van der Waals surface area contributed by atoms with E-state index in [-0.39, 0.29) is 39.7 Å². The second-order valence-corrected chi connectivity index (χ2v) is 5.50. The summed E-state index contributed by atoms with van der Waals surface area (Å²) < 4.78 is 0. The summed E-state index contributed by atoms with van der Waals surface area (Å²) in [6.07, 6.45) is 0. The van der Waals surface area contributed by atoms with E-state index in [1.54, 1.807) is 0 Å². The predicted molar refractivity (Wildman–Crippen MR) is 94.0 cm³/mol. The van der Waals surface area contributed by atoms with Crippen LogP contribution in [0.4, 0.5) is 22.7 Å². The van der Waals surface area contributed by atoms with Gasteiger partial charge in [-0.25, -0.2) is 0 Å². The molecule has 0 heterocycles. The van der Waals surface area contributed by atoms with E-state index in [2.05, 4.69) is 20.9 Å². The smallest absolute Gasteiger partial charge is 0.221 e. The minimum Gasteiger partial charge on any atom is -0.506 e. The van der Waals surface area contributed by atoms with Crippen molar-refractivity contribution in [3.05, 3.63) is 35.4 Å². The number of rotatable bonds is 4. The van der Waals surface area contributed by atoms with Crippen molar-refractivity contribution < 1.29 is 19.8 Å². The third-order valence-electron chi connectivity index (χ3n) is 2.92. The van der Waals surface area contributed by atoms with Crippen LogP contribution in [0.2, 0.25) is 5.02 Å². The van der Waals surface area contributed by atoms with E-state index < -0.39 is 0 Å². The molecule has 0 fully saturated rings. The highest BCUT2D eigenvalue weighted by molar-refractivity contribution is 6.32. The van der Waals surface area contributed by atoms with E-state index in [1.165, 1.54) is 44.2 Å². The van der Waals surface area contributed by atoms with E-state index in [4.69, 9.17) is 11.6 Å². The first-order chi connectivity index (χ1) is 11.8. The Morgan fingerprint density at radius 3 is 2.12 bits per heavy atom. The Morgan fingerprint density at radius 1 is 0.920 bits per heavy atom. The fraction of sp³-hybridized carbons (Fsp3) is 0.125. The van der Waals surface area contributed by atoms with Crippen LogP contribution in [0.25, 0.3) is 0 Å². The molecule has 2 rings (SSSR count). The lowest BCUT2D eigenvalue weighted by molar-refractivity contribution is -0.115. The number of azo groups is 1. The monoisotopic (exact) mass is 362 g/mol. The van der Waals surface area contributed by atoms with Crippen LogP contribution >= 0.6 is 11.6 Å². The van der Waals surface area contributed by atoms with Gasteiger partial charge in [-0.05, 0) is 30.3 Å². The number of benzene rings is 2. The molecule has 25 heavy (non-hydrogen) atoms. The van der Waals surface area contributed by atoms with Gasteiger partial charge >= 0.3 is 0 Å². The van der Waals surface area contributed by atoms with Crippen LogP contribution in [-0.4, -0.2) is 22.0 Å². The van der Waals surface area contributed by atoms with Crippen molar-refractivity contribution in [2.75, 3.05) is 10.6 Å². The number of hydrogen-bond donors (Lipinski definition) is 4. The van der Waals surface area contributed by atoms with Gasteiger partial charge in [-0.3, -0.25) is 9.59 Å². The number of hydrogen-bond acceptors (Lipinski definition) is 6. The van der Waals surface area contributed by atoms with Gasteiger partial charge in [-0.2, -0.15) is 0 Å². The number of phenolic OH excluding ortho intramolecular Hbond substituents is 2. The van der Waals surface area contributed by atoms with Gasteiger partial charge in [0.1, 0.15) is 17.1 Å². The van der Waals surface area contributed by atoms with E-state index in [0.717, 1.165) is 0 Å². The molecule has 0 saturated carbocycles. The van der Waals surface area contributed by atoms with Crippen LogP contribution in [0.5, 0.6) is 11.5 Å². The zero-order valence-electron chi connectivity index (χ0n) is 13.4. The van der Waals surface area contributed by atoms with Crippen LogP contribution in [0.3, 0.4) is 0 Å². The molecule has 4 N–H and O–H groups in total. The van der Waals surface area contributed by atoms with Crippen molar-refractivity contribution in [3.8, 4) is 11.5 Å². The number of nitrogens with one attached hydrogen (secondary N) is 2. The maximum absolute atomic E-state index is 11.1. The average Bonchev–Trinajstić information content (AvgIpc) is 2.51. The summed E-state index contributed by atoms with van der Waals surface area (Å²) in [5, 5.41) is 32.6. The lowest BCUT2D eigenvalue weighted by atomic mass is 10.2. The standard InChI is InChI=1S/C16H15ClN4O4/c1-8(22)18-10-3-4-15(24)13(6-10)20-21-14-7-11(19-9(2)23)5-12(17)16(14)25/h3-7,24-25H,1-2H3,(H,18,22)(H,19,23). The first-order valence-electron chi connectivity index (χ1n) is 7.08. The van der Waals surface area contributed by atoms with Gasteiger partial charge in [0.05, 0.1) is 5.02 Å². The molecule has 0 aliphatic heterocycles. The molecule has 0 unspecified atom stereocenters. The van der Waals surface area contributed by atoms with Crippen LogP contribution in [0.1, 0.15) is 13.8 Å². The molecule has 2 amide bonds. The SMILES string of the molecule is CC(=O)Nc1ccc(O)c(N=Nc2cc(NC(C)=O)cc(Cl)c2O)c1. The molecule has 0 aliphatic rings. The Morgan fingerprint density at radius 2 is 1.48 bits per heavy atom. The summed E-state index contributed by atoms with van der Waals surface area (Å²) in [5.41, 5.74) is 0.834. The van der Waals surface area contributed by atoms with Crippen molar-refractivity contribution in [3.63, 3.8) is 0 Å². The molecule has 8 nitrogen and oxygen atoms in total. The number of amides is 2. The number of carbonyl (C=O) groups is 2. The molecule has 0 atom stereocenters. The number of halogens is 1. The number of nitrogens with zero attached hydrogens (tertiary/aromatic N) is 2. The molecular weight excluding hydrogens is 348 g/mol. The summed E-state index contributed by atoms with van der Waals surface area (Å²) in [5.74, 6) is -1.08. The molecule has 2 aromatic rings. The zero-order chi connectivity index (χ0) is 18.6. The summed E-state index contributed by atoms with van der Waals surface area (Å²) in [4.78, 5) is 22.2. The summed E-state index contributed by atoms with van der Waals surface area (Å²) >= 11 is 5.90. The van der Waals surface area contributed by atoms with E-state index in [9.17, 15) is 19.8 Å². The maximum atomic E-state index is 11.1. The highest BCUT2D eigenvalue weighted by Gasteiger charge is 2.10. The Balaban J connectivity index is 2.37. The van der Waals surface area contributed by atoms with Crippen LogP contribution in [0, 0.1) is 0 Å². The first kappa shape index (κ1) is 18.2. The van der Waals surface area contributed by atoms with Gasteiger partial charge in [0.15, 0.2) is 5.75 Å². The minimum atomic E-state index is -0.322. The highest BCUT2D eigenvalue weighted by Crippen LogP contribution is 2.39. The molecule has 0 aromatic heterocycles. The summed E-state index contributed by atoms with van der Waals surface area (Å²) in [6.45, 7) is 2.68. The Bertz CT molecular complexity index is 867. The molecule has 2 aromatic carbocycles. The molecule has 0 radical (unpaired) electrons. The second-order valence-electron chi connectivity index (χ2n) is 5.09. The minimum absolute atomic E-state index is 0.000537. The number of phenols is 2. The van der Waals surface area contributed by atoms with Crippen LogP contribution in [0.15, 0.2) is 40.6 Å². The molecule has 0 spiro atoms. The average molecular weight is 363 g/mol. The number of anilines is 2. The molecule has 0 saturated heterocycles. The number of aromatic hydroxyl groups is 2. The molecule has 130 valence electrons. The van der Waals surface area contributed by atoms with E-state index >= 15 is 0 Å². The maximum Gasteiger partial charge on any atom is 0.221 e. The van der Waals surface area contributed by atoms with Crippen molar-refractivity contribution in [2.24, 2.45) is 10.2 Å².